The van der Waals surface area contributed by atoms with E-state index in [0.29, 0.717) is 13.0 Å². The number of rotatable bonds is 5. The molecule has 0 saturated carbocycles. The first-order chi connectivity index (χ1) is 8.76. The highest BCUT2D eigenvalue weighted by atomic mass is 32.2. The zero-order valence-corrected chi connectivity index (χ0v) is 12.2. The van der Waals surface area contributed by atoms with Crippen LogP contribution in [0.25, 0.3) is 0 Å². The van der Waals surface area contributed by atoms with Gasteiger partial charge in [0.25, 0.3) is 0 Å². The first-order valence-corrected chi connectivity index (χ1v) is 7.49. The van der Waals surface area contributed by atoms with Gasteiger partial charge in [0, 0.05) is 19.1 Å². The maximum absolute atomic E-state index is 12.0. The third-order valence-electron chi connectivity index (χ3n) is 2.71. The summed E-state index contributed by atoms with van der Waals surface area (Å²) in [6.45, 7) is 2.12. The number of likely N-dealkylation sites (N-methyl/N-ethyl adjacent to an activating group) is 1. The third kappa shape index (κ3) is 4.60. The van der Waals surface area contributed by atoms with Crippen molar-refractivity contribution in [3.8, 4) is 0 Å². The number of hydrogen-bond acceptors (Lipinski definition) is 6. The fraction of sp³-hybridized carbons (Fsp3) is 0.900. The summed E-state index contributed by atoms with van der Waals surface area (Å²) in [7, 11) is -0.359. The van der Waals surface area contributed by atoms with Crippen molar-refractivity contribution in [2.75, 3.05) is 33.8 Å². The number of ether oxygens (including phenoxy) is 1. The Morgan fingerprint density at radius 3 is 2.68 bits per heavy atom. The molecule has 1 heterocycles. The van der Waals surface area contributed by atoms with E-state index in [4.69, 9.17) is 0 Å². The molecule has 2 unspecified atom stereocenters. The van der Waals surface area contributed by atoms with Crippen molar-refractivity contribution in [3.63, 3.8) is 0 Å². The van der Waals surface area contributed by atoms with Gasteiger partial charge in [0.1, 0.15) is 0 Å². The average Bonchev–Trinajstić information content (AvgIpc) is 2.58. The summed E-state index contributed by atoms with van der Waals surface area (Å²) < 4.78 is 31.6. The summed E-state index contributed by atoms with van der Waals surface area (Å²) in [5.41, 5.74) is 0. The van der Waals surface area contributed by atoms with Crippen LogP contribution in [0.2, 0.25) is 0 Å². The Balaban J connectivity index is 2.77. The number of aliphatic hydroxyl groups is 1. The molecule has 1 amide bonds. The normalized spacial score (nSPS) is 24.7. The van der Waals surface area contributed by atoms with E-state index in [1.54, 1.807) is 6.92 Å². The number of aliphatic hydroxyl groups excluding tert-OH is 1. The zero-order valence-electron chi connectivity index (χ0n) is 11.4. The number of amides is 1. The number of hydrogen-bond donors (Lipinski definition) is 2. The summed E-state index contributed by atoms with van der Waals surface area (Å²) in [6.07, 6.45) is -1.38. The van der Waals surface area contributed by atoms with Crippen LogP contribution in [0.4, 0.5) is 4.79 Å². The Labute approximate surface area is 113 Å². The number of nitrogens with one attached hydrogen (secondary N) is 1. The largest absolute Gasteiger partial charge is 0.449 e. The molecule has 1 aliphatic heterocycles. The minimum atomic E-state index is -3.99. The van der Waals surface area contributed by atoms with Gasteiger partial charge in [0.2, 0.25) is 0 Å². The van der Waals surface area contributed by atoms with Gasteiger partial charge in [0.15, 0.2) is 0 Å². The quantitative estimate of drug-likeness (QED) is 0.673. The van der Waals surface area contributed by atoms with E-state index in [9.17, 15) is 18.3 Å². The van der Waals surface area contributed by atoms with Gasteiger partial charge in [-0.05, 0) is 27.4 Å². The van der Waals surface area contributed by atoms with Crippen LogP contribution in [0, 0.1) is 0 Å². The molecule has 0 aromatic carbocycles. The van der Waals surface area contributed by atoms with E-state index >= 15 is 0 Å². The second-order valence-corrected chi connectivity index (χ2v) is 6.33. The SMILES string of the molecule is CCOC(=O)NS(=O)(=O)N1CC(O)CC1CN(C)C. The van der Waals surface area contributed by atoms with E-state index in [1.165, 1.54) is 0 Å². The first kappa shape index (κ1) is 16.2. The minimum absolute atomic E-state index is 0.0206. The average molecular weight is 295 g/mol. The summed E-state index contributed by atoms with van der Waals surface area (Å²) in [5, 5.41) is 9.62. The van der Waals surface area contributed by atoms with Crippen LogP contribution in [-0.4, -0.2) is 74.8 Å². The van der Waals surface area contributed by atoms with Gasteiger partial charge >= 0.3 is 16.3 Å². The number of carbonyl (C=O) groups excluding carboxylic acids is 1. The van der Waals surface area contributed by atoms with Crippen LogP contribution < -0.4 is 4.72 Å². The van der Waals surface area contributed by atoms with Gasteiger partial charge < -0.3 is 14.7 Å². The molecule has 8 nitrogen and oxygen atoms in total. The van der Waals surface area contributed by atoms with Crippen LogP contribution in [0.15, 0.2) is 0 Å². The summed E-state index contributed by atoms with van der Waals surface area (Å²) >= 11 is 0. The van der Waals surface area contributed by atoms with Crippen molar-refractivity contribution < 1.29 is 23.1 Å². The second kappa shape index (κ2) is 6.51. The number of carbonyl (C=O) groups is 1. The standard InChI is InChI=1S/C10H21N3O5S/c1-4-18-10(15)11-19(16,17)13-7-9(14)5-8(13)6-12(2)3/h8-9,14H,4-7H2,1-3H3,(H,11,15). The Kier molecular flexibility index (Phi) is 5.53. The smallest absolute Gasteiger partial charge is 0.421 e. The van der Waals surface area contributed by atoms with Gasteiger partial charge in [-0.2, -0.15) is 12.7 Å². The number of nitrogens with zero attached hydrogens (tertiary/aromatic N) is 2. The molecule has 0 aromatic rings. The molecular weight excluding hydrogens is 274 g/mol. The maximum Gasteiger partial charge on any atom is 0.421 e. The molecule has 112 valence electrons. The minimum Gasteiger partial charge on any atom is -0.449 e. The predicted octanol–water partition coefficient (Wildman–Crippen LogP) is -1.03. The summed E-state index contributed by atoms with van der Waals surface area (Å²) in [5.74, 6) is 0. The van der Waals surface area contributed by atoms with Gasteiger partial charge in [-0.25, -0.2) is 9.52 Å². The molecule has 1 rings (SSSR count). The highest BCUT2D eigenvalue weighted by molar-refractivity contribution is 7.87. The van der Waals surface area contributed by atoms with Crippen LogP contribution in [0.1, 0.15) is 13.3 Å². The summed E-state index contributed by atoms with van der Waals surface area (Å²) in [6, 6.07) is -0.364. The topological polar surface area (TPSA) is 99.2 Å². The highest BCUT2D eigenvalue weighted by Gasteiger charge is 2.39. The molecule has 9 heteroatoms. The molecule has 0 radical (unpaired) electrons. The van der Waals surface area contributed by atoms with Crippen molar-refractivity contribution in [3.05, 3.63) is 0 Å². The monoisotopic (exact) mass is 295 g/mol. The molecular formula is C10H21N3O5S. The fourth-order valence-corrected chi connectivity index (χ4v) is 3.37. The zero-order chi connectivity index (χ0) is 14.6. The van der Waals surface area contributed by atoms with Crippen molar-refractivity contribution in [1.29, 1.82) is 0 Å². The lowest BCUT2D eigenvalue weighted by Crippen LogP contribution is -2.48. The first-order valence-electron chi connectivity index (χ1n) is 6.05. The lowest BCUT2D eigenvalue weighted by Gasteiger charge is -2.25. The van der Waals surface area contributed by atoms with E-state index < -0.39 is 22.4 Å². The van der Waals surface area contributed by atoms with Crippen LogP contribution in [0.5, 0.6) is 0 Å². The number of β-amino-alcohol motifs (C(OH)–C–C–N with tert-alkyl or cyclic N) is 1. The van der Waals surface area contributed by atoms with E-state index in [0.717, 1.165) is 4.31 Å². The maximum atomic E-state index is 12.0. The lowest BCUT2D eigenvalue weighted by molar-refractivity contribution is 0.157. The highest BCUT2D eigenvalue weighted by Crippen LogP contribution is 2.21. The molecule has 0 bridgehead atoms. The van der Waals surface area contributed by atoms with Gasteiger partial charge in [-0.1, -0.05) is 0 Å². The molecule has 1 saturated heterocycles. The third-order valence-corrected chi connectivity index (χ3v) is 4.20. The molecule has 0 aromatic heterocycles. The Morgan fingerprint density at radius 2 is 2.16 bits per heavy atom. The molecule has 2 atom stereocenters. The Bertz CT molecular complexity index is 411. The predicted molar refractivity (Wildman–Crippen MR) is 68.7 cm³/mol. The van der Waals surface area contributed by atoms with Gasteiger partial charge in [0.05, 0.1) is 12.7 Å². The Hall–Kier alpha value is -0.900. The van der Waals surface area contributed by atoms with Crippen molar-refractivity contribution >= 4 is 16.3 Å². The van der Waals surface area contributed by atoms with E-state index in [-0.39, 0.29) is 19.2 Å². The molecule has 19 heavy (non-hydrogen) atoms. The molecule has 2 N–H and O–H groups in total. The van der Waals surface area contributed by atoms with Crippen molar-refractivity contribution in [1.82, 2.24) is 13.9 Å². The van der Waals surface area contributed by atoms with E-state index in [2.05, 4.69) is 4.74 Å². The molecule has 0 spiro atoms. The van der Waals surface area contributed by atoms with Crippen molar-refractivity contribution in [2.24, 2.45) is 0 Å². The lowest BCUT2D eigenvalue weighted by atomic mass is 10.2. The van der Waals surface area contributed by atoms with Crippen LogP contribution in [-0.2, 0) is 14.9 Å². The van der Waals surface area contributed by atoms with Gasteiger partial charge in [-0.3, -0.25) is 0 Å². The molecule has 1 aliphatic rings. The molecule has 0 aliphatic carbocycles. The van der Waals surface area contributed by atoms with Crippen molar-refractivity contribution in [2.45, 2.75) is 25.5 Å². The summed E-state index contributed by atoms with van der Waals surface area (Å²) in [4.78, 5) is 13.0. The Morgan fingerprint density at radius 1 is 1.53 bits per heavy atom. The second-order valence-electron chi connectivity index (χ2n) is 4.70. The van der Waals surface area contributed by atoms with Crippen LogP contribution in [0.3, 0.4) is 0 Å². The van der Waals surface area contributed by atoms with Crippen LogP contribution >= 0.6 is 0 Å². The van der Waals surface area contributed by atoms with E-state index in [1.807, 2.05) is 23.7 Å². The van der Waals surface area contributed by atoms with Gasteiger partial charge in [-0.15, -0.1) is 0 Å². The fourth-order valence-electron chi connectivity index (χ4n) is 2.07. The molecule has 1 fully saturated rings.